The quantitative estimate of drug-likeness (QED) is 0.609. The van der Waals surface area contributed by atoms with Crippen molar-refractivity contribution in [3.05, 3.63) is 63.0 Å². The minimum absolute atomic E-state index is 0.0129. The van der Waals surface area contributed by atoms with E-state index in [9.17, 15) is 19.5 Å². The highest BCUT2D eigenvalue weighted by atomic mass is 35.5. The van der Waals surface area contributed by atoms with E-state index in [2.05, 4.69) is 5.32 Å². The molecule has 0 radical (unpaired) electrons. The Morgan fingerprint density at radius 1 is 1.13 bits per heavy atom. The van der Waals surface area contributed by atoms with E-state index in [0.717, 1.165) is 11.1 Å². The lowest BCUT2D eigenvalue weighted by atomic mass is 10.1. The number of carboxylic acid groups (broad SMARTS) is 1. The smallest absolute Gasteiger partial charge is 0.258 e. The van der Waals surface area contributed by atoms with Gasteiger partial charge in [0.25, 0.3) is 5.91 Å². The summed E-state index contributed by atoms with van der Waals surface area (Å²) in [5, 5.41) is 13.3. The minimum Gasteiger partial charge on any atom is -0.548 e. The fourth-order valence-electron chi connectivity index (χ4n) is 2.71. The number of ether oxygens (including phenoxy) is 2. The van der Waals surface area contributed by atoms with Crippen LogP contribution < -0.4 is 25.3 Å². The Morgan fingerprint density at radius 2 is 1.83 bits per heavy atom. The van der Waals surface area contributed by atoms with E-state index >= 15 is 0 Å². The molecule has 3 rings (SSSR count). The van der Waals surface area contributed by atoms with Crippen LogP contribution in [-0.4, -0.2) is 25.0 Å². The maximum atomic E-state index is 12.7. The van der Waals surface area contributed by atoms with Crippen LogP contribution in [0.25, 0.3) is 11.0 Å². The van der Waals surface area contributed by atoms with Gasteiger partial charge < -0.3 is 29.1 Å². The van der Waals surface area contributed by atoms with Crippen LogP contribution in [0.15, 0.2) is 45.8 Å². The second-order valence-corrected chi connectivity index (χ2v) is 6.88. The fourth-order valence-corrected chi connectivity index (χ4v) is 2.82. The highest BCUT2D eigenvalue weighted by Crippen LogP contribution is 2.29. The lowest BCUT2D eigenvalue weighted by Gasteiger charge is -2.10. The maximum absolute atomic E-state index is 12.7. The molecule has 9 heteroatoms. The molecule has 3 aromatic rings. The Balaban J connectivity index is 1.77. The second kappa shape index (κ2) is 8.87. The molecule has 0 atom stereocenters. The van der Waals surface area contributed by atoms with Gasteiger partial charge in [0.2, 0.25) is 11.2 Å². The zero-order valence-corrected chi connectivity index (χ0v) is 16.9. The zero-order valence-electron chi connectivity index (χ0n) is 16.1. The molecule has 156 valence electrons. The number of hydrogen-bond donors (Lipinski definition) is 1. The monoisotopic (exact) mass is 430 g/mol. The summed E-state index contributed by atoms with van der Waals surface area (Å²) in [4.78, 5) is 34.5. The number of amides is 1. The molecule has 0 aliphatic heterocycles. The number of halogens is 1. The molecule has 0 aliphatic carbocycles. The highest BCUT2D eigenvalue weighted by molar-refractivity contribution is 6.32. The van der Waals surface area contributed by atoms with Crippen molar-refractivity contribution in [3.63, 3.8) is 0 Å². The molecule has 2 aromatic carbocycles. The highest BCUT2D eigenvalue weighted by Gasteiger charge is 2.12. The predicted octanol–water partition coefficient (Wildman–Crippen LogP) is 2.10. The van der Waals surface area contributed by atoms with Gasteiger partial charge in [-0.1, -0.05) is 11.6 Å². The second-order valence-electron chi connectivity index (χ2n) is 6.50. The molecular formula is C21H17ClNO7-. The number of carbonyl (C=O) groups excluding carboxylic acids is 2. The molecule has 8 nitrogen and oxygen atoms in total. The lowest BCUT2D eigenvalue weighted by molar-refractivity contribution is -0.304. The van der Waals surface area contributed by atoms with Crippen LogP contribution in [0.3, 0.4) is 0 Å². The number of benzene rings is 2. The predicted molar refractivity (Wildman–Crippen MR) is 107 cm³/mol. The Hall–Kier alpha value is -3.52. The van der Waals surface area contributed by atoms with E-state index in [0.29, 0.717) is 10.8 Å². The van der Waals surface area contributed by atoms with Crippen LogP contribution in [0.1, 0.15) is 11.1 Å². The molecule has 0 saturated carbocycles. The van der Waals surface area contributed by atoms with Crippen LogP contribution in [0, 0.1) is 13.8 Å². The topological polar surface area (TPSA) is 118 Å². The molecule has 0 aliphatic rings. The summed E-state index contributed by atoms with van der Waals surface area (Å²) in [5.41, 5.74) is 1.51. The van der Waals surface area contributed by atoms with E-state index in [-0.39, 0.29) is 27.9 Å². The third kappa shape index (κ3) is 4.90. The molecule has 0 bridgehead atoms. The first-order valence-electron chi connectivity index (χ1n) is 8.84. The van der Waals surface area contributed by atoms with Gasteiger partial charge in [-0.05, 0) is 49.2 Å². The number of fused-ring (bicyclic) bond motifs is 1. The largest absolute Gasteiger partial charge is 0.548 e. The summed E-state index contributed by atoms with van der Waals surface area (Å²) >= 11 is 6.15. The van der Waals surface area contributed by atoms with Crippen LogP contribution >= 0.6 is 11.6 Å². The summed E-state index contributed by atoms with van der Waals surface area (Å²) < 4.78 is 16.5. The van der Waals surface area contributed by atoms with Gasteiger partial charge in [0.1, 0.15) is 23.3 Å². The Bertz CT molecular complexity index is 1160. The van der Waals surface area contributed by atoms with Crippen molar-refractivity contribution in [2.75, 3.05) is 13.2 Å². The van der Waals surface area contributed by atoms with Crippen molar-refractivity contribution in [2.24, 2.45) is 0 Å². The number of hydrogen-bond acceptors (Lipinski definition) is 7. The Morgan fingerprint density at radius 3 is 2.50 bits per heavy atom. The van der Waals surface area contributed by atoms with Crippen LogP contribution in [0.2, 0.25) is 5.02 Å². The molecule has 1 amide bonds. The molecule has 30 heavy (non-hydrogen) atoms. The van der Waals surface area contributed by atoms with E-state index in [1.165, 1.54) is 24.5 Å². The van der Waals surface area contributed by atoms with E-state index in [4.69, 9.17) is 25.5 Å². The number of carboxylic acids is 1. The molecule has 0 spiro atoms. The van der Waals surface area contributed by atoms with Gasteiger partial charge in [-0.3, -0.25) is 9.59 Å². The number of aliphatic carboxylic acids is 1. The Labute approximate surface area is 176 Å². The van der Waals surface area contributed by atoms with Crippen LogP contribution in [0.4, 0.5) is 0 Å². The van der Waals surface area contributed by atoms with Crippen LogP contribution in [-0.2, 0) is 9.59 Å². The number of carbonyl (C=O) groups is 2. The van der Waals surface area contributed by atoms with Gasteiger partial charge in [-0.15, -0.1) is 0 Å². The minimum atomic E-state index is -1.40. The standard InChI is InChI=1S/C21H18ClNO7/c1-11-5-14(6-12(2)20(11)22)30-17-9-29-16-7-13(3-4-15(16)21(17)27)28-10-18(24)23-8-19(25)26/h3-7,9H,8,10H2,1-2H3,(H,23,24)(H,25,26)/p-1. The Kier molecular flexibility index (Phi) is 6.27. The molecule has 0 unspecified atom stereocenters. The van der Waals surface area contributed by atoms with E-state index < -0.39 is 25.0 Å². The van der Waals surface area contributed by atoms with E-state index in [1.54, 1.807) is 12.1 Å². The van der Waals surface area contributed by atoms with Gasteiger partial charge in [0, 0.05) is 11.1 Å². The summed E-state index contributed by atoms with van der Waals surface area (Å²) in [6.07, 6.45) is 1.19. The fraction of sp³-hybridized carbons (Fsp3) is 0.190. The van der Waals surface area contributed by atoms with Crippen molar-refractivity contribution in [3.8, 4) is 17.2 Å². The number of rotatable bonds is 7. The van der Waals surface area contributed by atoms with E-state index in [1.807, 2.05) is 13.8 Å². The third-order valence-electron chi connectivity index (χ3n) is 4.15. The number of aryl methyl sites for hydroxylation is 2. The van der Waals surface area contributed by atoms with Crippen molar-refractivity contribution in [2.45, 2.75) is 13.8 Å². The first-order valence-corrected chi connectivity index (χ1v) is 9.22. The van der Waals surface area contributed by atoms with Crippen molar-refractivity contribution < 1.29 is 28.6 Å². The van der Waals surface area contributed by atoms with Gasteiger partial charge in [0.05, 0.1) is 17.9 Å². The average Bonchev–Trinajstić information content (AvgIpc) is 2.71. The van der Waals surface area contributed by atoms with Gasteiger partial charge >= 0.3 is 0 Å². The van der Waals surface area contributed by atoms with Crippen molar-refractivity contribution in [1.82, 2.24) is 5.32 Å². The van der Waals surface area contributed by atoms with Gasteiger partial charge in [0.15, 0.2) is 6.61 Å². The van der Waals surface area contributed by atoms with Gasteiger partial charge in [-0.25, -0.2) is 0 Å². The molecule has 0 saturated heterocycles. The summed E-state index contributed by atoms with van der Waals surface area (Å²) in [6, 6.07) is 7.87. The average molecular weight is 431 g/mol. The molecule has 1 aromatic heterocycles. The molecular weight excluding hydrogens is 414 g/mol. The SMILES string of the molecule is Cc1cc(Oc2coc3cc(OCC(=O)NCC(=O)[O-])ccc3c2=O)cc(C)c1Cl. The normalized spacial score (nSPS) is 10.6. The summed E-state index contributed by atoms with van der Waals surface area (Å²) in [5.74, 6) is -1.29. The zero-order chi connectivity index (χ0) is 21.8. The summed E-state index contributed by atoms with van der Waals surface area (Å²) in [7, 11) is 0. The van der Waals surface area contributed by atoms with Crippen molar-refractivity contribution in [1.29, 1.82) is 0 Å². The van der Waals surface area contributed by atoms with Crippen molar-refractivity contribution >= 4 is 34.4 Å². The summed E-state index contributed by atoms with van der Waals surface area (Å²) in [6.45, 7) is 2.67. The number of nitrogens with one attached hydrogen (secondary N) is 1. The lowest BCUT2D eigenvalue weighted by Crippen LogP contribution is -2.39. The molecule has 1 heterocycles. The van der Waals surface area contributed by atoms with Crippen LogP contribution in [0.5, 0.6) is 17.2 Å². The first kappa shape index (κ1) is 21.2. The maximum Gasteiger partial charge on any atom is 0.258 e. The first-order chi connectivity index (χ1) is 14.2. The third-order valence-corrected chi connectivity index (χ3v) is 4.75. The molecule has 1 N–H and O–H groups in total. The molecule has 0 fully saturated rings. The van der Waals surface area contributed by atoms with Gasteiger partial charge in [-0.2, -0.15) is 0 Å².